The first-order valence-electron chi connectivity index (χ1n) is 12.8. The third kappa shape index (κ3) is 6.11. The highest BCUT2D eigenvalue weighted by Crippen LogP contribution is 2.39. The van der Waals surface area contributed by atoms with Gasteiger partial charge in [-0.3, -0.25) is 29.1 Å². The van der Waals surface area contributed by atoms with Crippen molar-refractivity contribution >= 4 is 35.1 Å². The molecule has 2 atom stereocenters. The van der Waals surface area contributed by atoms with Gasteiger partial charge in [0.2, 0.25) is 5.91 Å². The Kier molecular flexibility index (Phi) is 7.82. The summed E-state index contributed by atoms with van der Waals surface area (Å²) in [5.74, 6) is -2.98. The number of hydrogen-bond donors (Lipinski definition) is 3. The predicted octanol–water partition coefficient (Wildman–Crippen LogP) is 4.90. The first kappa shape index (κ1) is 27.2. The maximum atomic E-state index is 13.9. The minimum Gasteiger partial charge on any atom is -0.481 e. The van der Waals surface area contributed by atoms with E-state index in [1.54, 1.807) is 24.4 Å². The fourth-order valence-electron chi connectivity index (χ4n) is 4.80. The fraction of sp³-hybridized carbons (Fsp3) is 0.129. The molecule has 0 radical (unpaired) electrons. The molecule has 4 aromatic rings. The zero-order valence-electron chi connectivity index (χ0n) is 21.7. The van der Waals surface area contributed by atoms with Gasteiger partial charge in [-0.2, -0.15) is 0 Å². The Bertz CT molecular complexity index is 1600. The van der Waals surface area contributed by atoms with E-state index in [2.05, 4.69) is 15.6 Å². The molecule has 2 unspecified atom stereocenters. The van der Waals surface area contributed by atoms with Crippen LogP contribution in [0, 0.1) is 5.82 Å². The molecule has 0 bridgehead atoms. The van der Waals surface area contributed by atoms with Crippen molar-refractivity contribution in [2.75, 3.05) is 10.2 Å². The number of pyridine rings is 1. The molecule has 1 aromatic heterocycles. The van der Waals surface area contributed by atoms with E-state index in [0.717, 1.165) is 5.56 Å². The number of halogens is 1. The lowest BCUT2D eigenvalue weighted by atomic mass is 9.99. The SMILES string of the molecule is O=C(O)CC(NC(=O)c1ccc2c(c1)NC(=O)CC(c1ccccc1)N2C(=O)c1ccc(F)cc1)c1cccnc1. The summed E-state index contributed by atoms with van der Waals surface area (Å²) in [6, 6.07) is 20.5. The van der Waals surface area contributed by atoms with E-state index in [1.165, 1.54) is 47.5 Å². The number of carbonyl (C=O) groups is 4. The van der Waals surface area contributed by atoms with Crippen molar-refractivity contribution in [1.82, 2.24) is 10.3 Å². The molecule has 10 heteroatoms. The van der Waals surface area contributed by atoms with E-state index in [9.17, 15) is 28.7 Å². The summed E-state index contributed by atoms with van der Waals surface area (Å²) >= 11 is 0. The Balaban J connectivity index is 1.53. The molecule has 206 valence electrons. The number of hydrogen-bond acceptors (Lipinski definition) is 5. The molecule has 0 fully saturated rings. The number of benzene rings is 3. The number of nitrogens with zero attached hydrogens (tertiary/aromatic N) is 2. The fourth-order valence-corrected chi connectivity index (χ4v) is 4.80. The monoisotopic (exact) mass is 552 g/mol. The van der Waals surface area contributed by atoms with E-state index < -0.39 is 35.7 Å². The molecule has 3 aromatic carbocycles. The third-order valence-corrected chi connectivity index (χ3v) is 6.75. The molecule has 1 aliphatic rings. The van der Waals surface area contributed by atoms with Crippen molar-refractivity contribution in [3.05, 3.63) is 125 Å². The lowest BCUT2D eigenvalue weighted by Crippen LogP contribution is -2.35. The Morgan fingerprint density at radius 3 is 2.41 bits per heavy atom. The molecule has 1 aliphatic heterocycles. The van der Waals surface area contributed by atoms with Crippen LogP contribution >= 0.6 is 0 Å². The molecule has 3 amide bonds. The molecule has 5 rings (SSSR count). The molecule has 0 saturated carbocycles. The van der Waals surface area contributed by atoms with Gasteiger partial charge in [0.1, 0.15) is 5.82 Å². The van der Waals surface area contributed by atoms with E-state index in [4.69, 9.17) is 0 Å². The second-order valence-corrected chi connectivity index (χ2v) is 9.50. The van der Waals surface area contributed by atoms with Gasteiger partial charge < -0.3 is 15.7 Å². The van der Waals surface area contributed by atoms with Crippen LogP contribution in [0.3, 0.4) is 0 Å². The van der Waals surface area contributed by atoms with Crippen LogP contribution in [0.1, 0.15) is 56.8 Å². The van der Waals surface area contributed by atoms with Crippen molar-refractivity contribution in [2.45, 2.75) is 24.9 Å². The number of fused-ring (bicyclic) bond motifs is 1. The second kappa shape index (κ2) is 11.8. The van der Waals surface area contributed by atoms with E-state index in [0.29, 0.717) is 11.3 Å². The molecule has 0 spiro atoms. The van der Waals surface area contributed by atoms with Crippen molar-refractivity contribution in [3.63, 3.8) is 0 Å². The Morgan fingerprint density at radius 1 is 1.00 bits per heavy atom. The Hall–Kier alpha value is -5.38. The minimum absolute atomic E-state index is 0.0607. The molecule has 3 N–H and O–H groups in total. The largest absolute Gasteiger partial charge is 0.481 e. The summed E-state index contributed by atoms with van der Waals surface area (Å²) in [7, 11) is 0. The van der Waals surface area contributed by atoms with Gasteiger partial charge in [-0.05, 0) is 59.7 Å². The van der Waals surface area contributed by atoms with Crippen molar-refractivity contribution in [1.29, 1.82) is 0 Å². The van der Waals surface area contributed by atoms with Crippen LogP contribution in [-0.4, -0.2) is 33.8 Å². The average Bonchev–Trinajstić information content (AvgIpc) is 3.12. The molecular weight excluding hydrogens is 527 g/mol. The smallest absolute Gasteiger partial charge is 0.305 e. The number of aliphatic carboxylic acids is 1. The maximum Gasteiger partial charge on any atom is 0.305 e. The van der Waals surface area contributed by atoms with E-state index >= 15 is 0 Å². The zero-order valence-corrected chi connectivity index (χ0v) is 21.7. The first-order valence-corrected chi connectivity index (χ1v) is 12.8. The van der Waals surface area contributed by atoms with Crippen LogP contribution in [0.25, 0.3) is 0 Å². The number of carboxylic acids is 1. The number of rotatable bonds is 7. The van der Waals surface area contributed by atoms with Crippen LogP contribution in [0.2, 0.25) is 0 Å². The topological polar surface area (TPSA) is 129 Å². The quantitative estimate of drug-likeness (QED) is 0.299. The Labute approximate surface area is 234 Å². The number of aromatic nitrogens is 1. The van der Waals surface area contributed by atoms with Crippen molar-refractivity contribution < 1.29 is 28.7 Å². The van der Waals surface area contributed by atoms with Gasteiger partial charge in [0.25, 0.3) is 11.8 Å². The lowest BCUT2D eigenvalue weighted by molar-refractivity contribution is -0.137. The highest BCUT2D eigenvalue weighted by Gasteiger charge is 2.34. The Morgan fingerprint density at radius 2 is 1.73 bits per heavy atom. The van der Waals surface area contributed by atoms with Gasteiger partial charge in [0.15, 0.2) is 0 Å². The number of carboxylic acid groups (broad SMARTS) is 1. The first-order chi connectivity index (χ1) is 19.8. The van der Waals surface area contributed by atoms with Crippen molar-refractivity contribution in [3.8, 4) is 0 Å². The van der Waals surface area contributed by atoms with E-state index in [-0.39, 0.29) is 35.6 Å². The number of nitrogens with one attached hydrogen (secondary N) is 2. The predicted molar refractivity (Wildman–Crippen MR) is 149 cm³/mol. The molecule has 2 heterocycles. The summed E-state index contributed by atoms with van der Waals surface area (Å²) in [5.41, 5.74) is 2.20. The van der Waals surface area contributed by atoms with Crippen LogP contribution < -0.4 is 15.5 Å². The van der Waals surface area contributed by atoms with Crippen molar-refractivity contribution in [2.24, 2.45) is 0 Å². The van der Waals surface area contributed by atoms with E-state index in [1.807, 2.05) is 30.3 Å². The van der Waals surface area contributed by atoms with Gasteiger partial charge in [-0.25, -0.2) is 4.39 Å². The normalized spacial score (nSPS) is 15.2. The standard InChI is InChI=1S/C31H25FN4O5/c32-23-11-8-20(9-12-23)31(41)36-26-13-10-21(30(40)35-24(16-29(38)39)22-7-4-14-33-18-22)15-25(26)34-28(37)17-27(36)19-5-2-1-3-6-19/h1-15,18,24,27H,16-17H2,(H,34,37)(H,35,40)(H,38,39). The number of anilines is 2. The van der Waals surface area contributed by atoms with Crippen LogP contribution in [-0.2, 0) is 9.59 Å². The summed E-state index contributed by atoms with van der Waals surface area (Å²) in [4.78, 5) is 57.2. The molecule has 9 nitrogen and oxygen atoms in total. The second-order valence-electron chi connectivity index (χ2n) is 9.50. The molecule has 0 saturated heterocycles. The van der Waals surface area contributed by atoms with Crippen LogP contribution in [0.15, 0.2) is 97.3 Å². The lowest BCUT2D eigenvalue weighted by Gasteiger charge is -2.31. The maximum absolute atomic E-state index is 13.9. The summed E-state index contributed by atoms with van der Waals surface area (Å²) in [6.45, 7) is 0. The van der Waals surface area contributed by atoms with Crippen LogP contribution in [0.5, 0.6) is 0 Å². The van der Waals surface area contributed by atoms with Gasteiger partial charge >= 0.3 is 5.97 Å². The summed E-state index contributed by atoms with van der Waals surface area (Å²) < 4.78 is 13.6. The number of carbonyl (C=O) groups excluding carboxylic acids is 3. The average molecular weight is 553 g/mol. The van der Waals surface area contributed by atoms with Gasteiger partial charge in [-0.1, -0.05) is 36.4 Å². The van der Waals surface area contributed by atoms with Gasteiger partial charge in [-0.15, -0.1) is 0 Å². The highest BCUT2D eigenvalue weighted by molar-refractivity contribution is 6.12. The minimum atomic E-state index is -1.10. The highest BCUT2D eigenvalue weighted by atomic mass is 19.1. The third-order valence-electron chi connectivity index (χ3n) is 6.75. The summed E-state index contributed by atoms with van der Waals surface area (Å²) in [5, 5.41) is 14.9. The van der Waals surface area contributed by atoms with Gasteiger partial charge in [0.05, 0.1) is 36.3 Å². The zero-order chi connectivity index (χ0) is 28.9. The number of amides is 3. The van der Waals surface area contributed by atoms with Crippen LogP contribution in [0.4, 0.5) is 15.8 Å². The molecular formula is C31H25FN4O5. The molecule has 41 heavy (non-hydrogen) atoms. The summed E-state index contributed by atoms with van der Waals surface area (Å²) in [6.07, 6.45) is 2.60. The molecule has 0 aliphatic carbocycles. The van der Waals surface area contributed by atoms with Gasteiger partial charge in [0, 0.05) is 23.5 Å².